The Morgan fingerprint density at radius 2 is 0.894 bits per heavy atom. The molecular formula is C62H44N2OSi. The minimum atomic E-state index is -2.29. The molecule has 1 aliphatic heterocycles. The molecule has 0 saturated heterocycles. The van der Waals surface area contributed by atoms with Gasteiger partial charge < -0.3 is 14.2 Å². The van der Waals surface area contributed by atoms with Crippen LogP contribution in [-0.2, 0) is 0 Å². The lowest BCUT2D eigenvalue weighted by Crippen LogP contribution is -2.56. The van der Waals surface area contributed by atoms with Crippen LogP contribution >= 0.6 is 0 Å². The van der Waals surface area contributed by atoms with Crippen LogP contribution in [0.3, 0.4) is 0 Å². The van der Waals surface area contributed by atoms with Gasteiger partial charge in [-0.1, -0.05) is 165 Å². The Bertz CT molecular complexity index is 3860. The summed E-state index contributed by atoms with van der Waals surface area (Å²) in [7, 11) is -2.29. The first-order valence-electron chi connectivity index (χ1n) is 22.8. The molecule has 0 bridgehead atoms. The molecule has 13 rings (SSSR count). The quantitative estimate of drug-likeness (QED) is 0.118. The average Bonchev–Trinajstić information content (AvgIpc) is 3.75. The number of furan rings is 1. The highest BCUT2D eigenvalue weighted by Gasteiger charge is 2.37. The average molecular weight is 861 g/mol. The van der Waals surface area contributed by atoms with E-state index in [0.29, 0.717) is 0 Å². The Labute approximate surface area is 385 Å². The van der Waals surface area contributed by atoms with Crippen molar-refractivity contribution < 1.29 is 4.42 Å². The van der Waals surface area contributed by atoms with E-state index in [4.69, 9.17) is 4.42 Å². The Morgan fingerprint density at radius 1 is 0.318 bits per heavy atom. The highest BCUT2D eigenvalue weighted by atomic mass is 28.3. The zero-order chi connectivity index (χ0) is 43.9. The van der Waals surface area contributed by atoms with Gasteiger partial charge in [0.05, 0.1) is 11.4 Å². The van der Waals surface area contributed by atoms with Crippen molar-refractivity contribution in [1.29, 1.82) is 0 Å². The summed E-state index contributed by atoms with van der Waals surface area (Å²) >= 11 is 0. The maximum absolute atomic E-state index is 6.32. The smallest absolute Gasteiger partial charge is 0.135 e. The van der Waals surface area contributed by atoms with Crippen LogP contribution in [0.5, 0.6) is 0 Å². The Kier molecular flexibility index (Phi) is 8.67. The zero-order valence-electron chi connectivity index (χ0n) is 36.7. The molecule has 312 valence electrons. The van der Waals surface area contributed by atoms with Crippen molar-refractivity contribution in [3.05, 3.63) is 231 Å². The Morgan fingerprint density at radius 3 is 1.67 bits per heavy atom. The van der Waals surface area contributed by atoms with E-state index in [0.717, 1.165) is 56.1 Å². The predicted molar refractivity (Wildman–Crippen MR) is 283 cm³/mol. The summed E-state index contributed by atoms with van der Waals surface area (Å²) in [5, 5.41) is 12.8. The van der Waals surface area contributed by atoms with E-state index in [1.807, 2.05) is 6.07 Å². The Balaban J connectivity index is 1.04. The molecule has 0 amide bonds. The number of para-hydroxylation sites is 4. The number of hydrogen-bond acceptors (Lipinski definition) is 3. The van der Waals surface area contributed by atoms with Crippen LogP contribution in [0.1, 0.15) is 0 Å². The molecule has 1 aliphatic rings. The van der Waals surface area contributed by atoms with Gasteiger partial charge in [0.1, 0.15) is 19.2 Å². The third kappa shape index (κ3) is 5.89. The van der Waals surface area contributed by atoms with Gasteiger partial charge in [0.25, 0.3) is 0 Å². The second-order valence-corrected chi connectivity index (χ2v) is 22.4. The van der Waals surface area contributed by atoms with E-state index in [9.17, 15) is 0 Å². The molecule has 0 aliphatic carbocycles. The summed E-state index contributed by atoms with van der Waals surface area (Å²) in [6.45, 7) is 5.09. The summed E-state index contributed by atoms with van der Waals surface area (Å²) in [6.07, 6.45) is 0. The lowest BCUT2D eigenvalue weighted by atomic mass is 9.89. The fourth-order valence-corrected chi connectivity index (χ4v) is 14.0. The highest BCUT2D eigenvalue weighted by Crippen LogP contribution is 2.48. The molecular weight excluding hydrogens is 817 g/mol. The van der Waals surface area contributed by atoms with Gasteiger partial charge in [-0.25, -0.2) is 0 Å². The molecule has 0 atom stereocenters. The molecule has 0 unspecified atom stereocenters. The number of anilines is 6. The van der Waals surface area contributed by atoms with E-state index in [1.165, 1.54) is 64.9 Å². The van der Waals surface area contributed by atoms with Crippen molar-refractivity contribution >= 4 is 107 Å². The van der Waals surface area contributed by atoms with Gasteiger partial charge in [0.2, 0.25) is 0 Å². The third-order valence-corrected chi connectivity index (χ3v) is 17.5. The predicted octanol–water partition coefficient (Wildman–Crippen LogP) is 16.5. The largest absolute Gasteiger partial charge is 0.456 e. The summed E-state index contributed by atoms with van der Waals surface area (Å²) in [5.41, 5.74) is 13.6. The first-order chi connectivity index (χ1) is 32.5. The molecule has 0 spiro atoms. The minimum absolute atomic E-state index is 0.890. The van der Waals surface area contributed by atoms with Crippen molar-refractivity contribution in [2.75, 3.05) is 9.80 Å². The summed E-state index contributed by atoms with van der Waals surface area (Å²) in [5.74, 6) is 0. The molecule has 66 heavy (non-hydrogen) atoms. The number of hydrogen-bond donors (Lipinski definition) is 0. The van der Waals surface area contributed by atoms with Crippen LogP contribution in [0.25, 0.3) is 76.5 Å². The van der Waals surface area contributed by atoms with Crippen LogP contribution in [0.15, 0.2) is 235 Å². The number of rotatable bonds is 7. The van der Waals surface area contributed by atoms with Crippen LogP contribution < -0.4 is 20.2 Å². The standard InChI is InChI=1S/C62H44N2OSi/c1-66(2)60-32-18-29-51-53-40-57(64(43-23-10-5-11-24-43)44-34-36-59-54(37-44)49-28-15-17-31-58(49)65-59)48-27-13-12-26-47(48)52(53)39-55(62(51)60)50-35-33-45(38-61(50)66)63(42-21-8-4-9-22-42)56-30-16-14-25-46(56)41-19-6-3-7-20-41/h3-40H,1-2H3. The highest BCUT2D eigenvalue weighted by molar-refractivity contribution is 7.03. The maximum atomic E-state index is 6.32. The van der Waals surface area contributed by atoms with Gasteiger partial charge in [-0.15, -0.1) is 0 Å². The van der Waals surface area contributed by atoms with Crippen molar-refractivity contribution in [3.8, 4) is 22.3 Å². The molecule has 11 aromatic carbocycles. The second-order valence-electron chi connectivity index (χ2n) is 18.0. The molecule has 2 heterocycles. The zero-order valence-corrected chi connectivity index (χ0v) is 37.7. The molecule has 12 aromatic rings. The third-order valence-electron chi connectivity index (χ3n) is 14.0. The van der Waals surface area contributed by atoms with E-state index in [1.54, 1.807) is 0 Å². The second kappa shape index (κ2) is 14.9. The van der Waals surface area contributed by atoms with Crippen LogP contribution in [0.4, 0.5) is 34.1 Å². The van der Waals surface area contributed by atoms with E-state index < -0.39 is 8.07 Å². The van der Waals surface area contributed by atoms with Crippen LogP contribution in [0.2, 0.25) is 13.1 Å². The molecule has 0 radical (unpaired) electrons. The minimum Gasteiger partial charge on any atom is -0.456 e. The summed E-state index contributed by atoms with van der Waals surface area (Å²) in [6, 6.07) is 84.4. The molecule has 3 nitrogen and oxygen atoms in total. The maximum Gasteiger partial charge on any atom is 0.135 e. The number of fused-ring (bicyclic) bond motifs is 9. The van der Waals surface area contributed by atoms with Crippen molar-refractivity contribution in [2.24, 2.45) is 0 Å². The van der Waals surface area contributed by atoms with E-state index >= 15 is 0 Å². The fraction of sp³-hybridized carbons (Fsp3) is 0.0323. The molecule has 0 N–H and O–H groups in total. The van der Waals surface area contributed by atoms with Gasteiger partial charge in [-0.05, 0) is 133 Å². The first-order valence-corrected chi connectivity index (χ1v) is 25.8. The first kappa shape index (κ1) is 38.3. The lowest BCUT2D eigenvalue weighted by Gasteiger charge is -2.36. The van der Waals surface area contributed by atoms with Gasteiger partial charge in [-0.2, -0.15) is 0 Å². The Hall–Kier alpha value is -8.18. The molecule has 1 aromatic heterocycles. The lowest BCUT2D eigenvalue weighted by molar-refractivity contribution is 0.669. The van der Waals surface area contributed by atoms with Gasteiger partial charge in [0.15, 0.2) is 0 Å². The topological polar surface area (TPSA) is 19.6 Å². The van der Waals surface area contributed by atoms with E-state index in [-0.39, 0.29) is 0 Å². The normalized spacial score (nSPS) is 12.8. The monoisotopic (exact) mass is 860 g/mol. The summed E-state index contributed by atoms with van der Waals surface area (Å²) in [4.78, 5) is 4.88. The van der Waals surface area contributed by atoms with Crippen LogP contribution in [0, 0.1) is 0 Å². The van der Waals surface area contributed by atoms with Crippen LogP contribution in [-0.4, -0.2) is 8.07 Å². The molecule has 0 fully saturated rings. The van der Waals surface area contributed by atoms with Crippen molar-refractivity contribution in [2.45, 2.75) is 13.1 Å². The molecule has 0 saturated carbocycles. The number of nitrogens with zero attached hydrogens (tertiary/aromatic N) is 2. The summed E-state index contributed by atoms with van der Waals surface area (Å²) < 4.78 is 6.32. The van der Waals surface area contributed by atoms with Crippen molar-refractivity contribution in [3.63, 3.8) is 0 Å². The fourth-order valence-electron chi connectivity index (χ4n) is 10.9. The van der Waals surface area contributed by atoms with Crippen molar-refractivity contribution in [1.82, 2.24) is 0 Å². The van der Waals surface area contributed by atoms with E-state index in [2.05, 4.69) is 247 Å². The van der Waals surface area contributed by atoms with Gasteiger partial charge >= 0.3 is 0 Å². The van der Waals surface area contributed by atoms with Gasteiger partial charge in [0, 0.05) is 44.5 Å². The number of benzene rings is 11. The van der Waals surface area contributed by atoms with Gasteiger partial charge in [-0.3, -0.25) is 0 Å². The SMILES string of the molecule is C[Si]1(C)c2cc(N(c3ccccc3)c3ccccc3-c3ccccc3)ccc2-c2cc3c4ccccc4c(N(c4ccccc4)c4ccc5oc6ccccc6c5c4)cc3c3cccc1c23. The molecule has 4 heteroatoms.